The van der Waals surface area contributed by atoms with Gasteiger partial charge in [-0.2, -0.15) is 13.2 Å². The highest BCUT2D eigenvalue weighted by atomic mass is 19.4. The van der Waals surface area contributed by atoms with Crippen LogP contribution in [0.3, 0.4) is 0 Å². The van der Waals surface area contributed by atoms with Gasteiger partial charge in [0.25, 0.3) is 0 Å². The summed E-state index contributed by atoms with van der Waals surface area (Å²) in [5, 5.41) is 0. The Morgan fingerprint density at radius 3 is 2.25 bits per heavy atom. The lowest BCUT2D eigenvalue weighted by Gasteiger charge is -2.17. The molecule has 1 fully saturated rings. The van der Waals surface area contributed by atoms with Crippen LogP contribution >= 0.6 is 0 Å². The van der Waals surface area contributed by atoms with Crippen molar-refractivity contribution in [3.05, 3.63) is 54.4 Å². The number of hydrogen-bond donors (Lipinski definition) is 0. The minimum Gasteiger partial charge on any atom is -0.372 e. The molecule has 0 radical (unpaired) electrons. The van der Waals surface area contributed by atoms with Gasteiger partial charge in [0.1, 0.15) is 5.65 Å². The maximum Gasteiger partial charge on any atom is 0.417 e. The topological polar surface area (TPSA) is 20.5 Å². The number of imidazole rings is 1. The number of hydrogen-bond acceptors (Lipinski definition) is 2. The minimum atomic E-state index is -4.35. The van der Waals surface area contributed by atoms with E-state index in [1.54, 1.807) is 6.20 Å². The van der Waals surface area contributed by atoms with Crippen LogP contribution in [-0.4, -0.2) is 22.5 Å². The molecule has 1 saturated heterocycles. The van der Waals surface area contributed by atoms with Crippen molar-refractivity contribution in [2.24, 2.45) is 0 Å². The predicted octanol–water partition coefficient (Wildman–Crippen LogP) is 4.62. The molecule has 4 rings (SSSR count). The molecule has 2 aromatic heterocycles. The van der Waals surface area contributed by atoms with Crippen LogP contribution in [0.2, 0.25) is 0 Å². The van der Waals surface area contributed by atoms with Gasteiger partial charge < -0.3 is 9.30 Å². The predicted molar refractivity (Wildman–Crippen MR) is 87.1 cm³/mol. The molecule has 24 heavy (non-hydrogen) atoms. The van der Waals surface area contributed by atoms with Gasteiger partial charge in [-0.15, -0.1) is 0 Å². The van der Waals surface area contributed by atoms with Crippen LogP contribution in [0.25, 0.3) is 16.9 Å². The molecule has 3 aromatic rings. The standard InChI is InChI=1S/C18H16F3N3/c19-18(20,21)14-5-8-17-22-16(12-24(17)11-14)13-3-6-15(7-4-13)23-9-1-2-10-23/h3-8,11-12H,1-2,9-10H2. The van der Waals surface area contributed by atoms with Crippen LogP contribution in [0.4, 0.5) is 18.9 Å². The van der Waals surface area contributed by atoms with E-state index in [-0.39, 0.29) is 0 Å². The summed E-state index contributed by atoms with van der Waals surface area (Å²) in [7, 11) is 0. The zero-order chi connectivity index (χ0) is 16.7. The summed E-state index contributed by atoms with van der Waals surface area (Å²) in [4.78, 5) is 6.75. The SMILES string of the molecule is FC(F)(F)c1ccc2nc(-c3ccc(N4CCCC4)cc3)cn2c1. The summed E-state index contributed by atoms with van der Waals surface area (Å²) in [6, 6.07) is 10.5. The monoisotopic (exact) mass is 331 g/mol. The first-order valence-corrected chi connectivity index (χ1v) is 7.92. The van der Waals surface area contributed by atoms with Gasteiger partial charge in [-0.1, -0.05) is 12.1 Å². The highest BCUT2D eigenvalue weighted by Gasteiger charge is 2.30. The third-order valence-corrected chi connectivity index (χ3v) is 4.41. The van der Waals surface area contributed by atoms with E-state index >= 15 is 0 Å². The Labute approximate surface area is 137 Å². The summed E-state index contributed by atoms with van der Waals surface area (Å²) >= 11 is 0. The van der Waals surface area contributed by atoms with E-state index in [1.165, 1.54) is 29.0 Å². The largest absolute Gasteiger partial charge is 0.417 e. The molecule has 0 saturated carbocycles. The lowest BCUT2D eigenvalue weighted by atomic mass is 10.1. The van der Waals surface area contributed by atoms with Gasteiger partial charge in [0, 0.05) is 36.7 Å². The molecule has 3 heterocycles. The van der Waals surface area contributed by atoms with Crippen molar-refractivity contribution in [1.82, 2.24) is 9.38 Å². The molecule has 6 heteroatoms. The molecule has 1 aliphatic heterocycles. The Balaban J connectivity index is 1.66. The molecule has 124 valence electrons. The van der Waals surface area contributed by atoms with Gasteiger partial charge >= 0.3 is 6.18 Å². The summed E-state index contributed by atoms with van der Waals surface area (Å²) in [5.41, 5.74) is 2.57. The smallest absolute Gasteiger partial charge is 0.372 e. The Hall–Kier alpha value is -2.50. The van der Waals surface area contributed by atoms with E-state index in [2.05, 4.69) is 9.88 Å². The molecule has 0 bridgehead atoms. The number of benzene rings is 1. The molecule has 1 aromatic carbocycles. The normalized spacial score (nSPS) is 15.4. The molecule has 1 aliphatic rings. The molecule has 3 nitrogen and oxygen atoms in total. The second-order valence-electron chi connectivity index (χ2n) is 6.05. The molecule has 0 aliphatic carbocycles. The summed E-state index contributed by atoms with van der Waals surface area (Å²) in [6.07, 6.45) is 0.793. The molecule has 0 unspecified atom stereocenters. The van der Waals surface area contributed by atoms with Crippen molar-refractivity contribution in [2.75, 3.05) is 18.0 Å². The number of rotatable bonds is 2. The van der Waals surface area contributed by atoms with Gasteiger partial charge in [-0.25, -0.2) is 4.98 Å². The van der Waals surface area contributed by atoms with Crippen LogP contribution in [0.15, 0.2) is 48.8 Å². The van der Waals surface area contributed by atoms with Crippen molar-refractivity contribution in [3.63, 3.8) is 0 Å². The average Bonchev–Trinajstić information content (AvgIpc) is 3.23. The number of aromatic nitrogens is 2. The molecule has 0 N–H and O–H groups in total. The number of nitrogens with zero attached hydrogens (tertiary/aromatic N) is 3. The number of pyridine rings is 1. The molecule has 0 amide bonds. The average molecular weight is 331 g/mol. The van der Waals surface area contributed by atoms with Crippen LogP contribution in [0, 0.1) is 0 Å². The minimum absolute atomic E-state index is 0.501. The van der Waals surface area contributed by atoms with Crippen molar-refractivity contribution >= 4 is 11.3 Å². The van der Waals surface area contributed by atoms with Gasteiger partial charge in [0.15, 0.2) is 0 Å². The Morgan fingerprint density at radius 1 is 0.875 bits per heavy atom. The van der Waals surface area contributed by atoms with Crippen LogP contribution in [0.1, 0.15) is 18.4 Å². The fraction of sp³-hybridized carbons (Fsp3) is 0.278. The summed E-state index contributed by atoms with van der Waals surface area (Å²) < 4.78 is 39.8. The van der Waals surface area contributed by atoms with Crippen molar-refractivity contribution in [2.45, 2.75) is 19.0 Å². The zero-order valence-electron chi connectivity index (χ0n) is 12.9. The maximum atomic E-state index is 12.8. The zero-order valence-corrected chi connectivity index (χ0v) is 12.9. The first-order valence-electron chi connectivity index (χ1n) is 7.92. The Bertz CT molecular complexity index is 859. The second kappa shape index (κ2) is 5.54. The Kier molecular flexibility index (Phi) is 3.48. The quantitative estimate of drug-likeness (QED) is 0.683. The van der Waals surface area contributed by atoms with Crippen LogP contribution in [0.5, 0.6) is 0 Å². The Morgan fingerprint density at radius 2 is 1.58 bits per heavy atom. The lowest BCUT2D eigenvalue weighted by molar-refractivity contribution is -0.137. The van der Waals surface area contributed by atoms with E-state index < -0.39 is 11.7 Å². The second-order valence-corrected chi connectivity index (χ2v) is 6.05. The van der Waals surface area contributed by atoms with Crippen LogP contribution < -0.4 is 4.90 Å². The first-order chi connectivity index (χ1) is 11.5. The highest BCUT2D eigenvalue weighted by molar-refractivity contribution is 5.65. The lowest BCUT2D eigenvalue weighted by Crippen LogP contribution is -2.17. The van der Waals surface area contributed by atoms with Crippen LogP contribution in [-0.2, 0) is 6.18 Å². The molecule has 0 spiro atoms. The fourth-order valence-electron chi connectivity index (χ4n) is 3.12. The maximum absolute atomic E-state index is 12.8. The molecule has 0 atom stereocenters. The summed E-state index contributed by atoms with van der Waals surface area (Å²) in [6.45, 7) is 2.15. The van der Waals surface area contributed by atoms with E-state index in [9.17, 15) is 13.2 Å². The number of alkyl halides is 3. The number of fused-ring (bicyclic) bond motifs is 1. The van der Waals surface area contributed by atoms with Gasteiger partial charge in [0.05, 0.1) is 11.3 Å². The van der Waals surface area contributed by atoms with Gasteiger partial charge in [0.2, 0.25) is 0 Å². The molecular formula is C18H16F3N3. The first kappa shape index (κ1) is 15.1. The highest BCUT2D eigenvalue weighted by Crippen LogP contribution is 2.30. The third kappa shape index (κ3) is 2.72. The van der Waals surface area contributed by atoms with Gasteiger partial charge in [-0.05, 0) is 37.1 Å². The van der Waals surface area contributed by atoms with E-state index in [0.717, 1.165) is 30.9 Å². The van der Waals surface area contributed by atoms with Crippen molar-refractivity contribution in [1.29, 1.82) is 0 Å². The van der Waals surface area contributed by atoms with Gasteiger partial charge in [-0.3, -0.25) is 0 Å². The van der Waals surface area contributed by atoms with Crippen molar-refractivity contribution in [3.8, 4) is 11.3 Å². The van der Waals surface area contributed by atoms with E-state index in [0.29, 0.717) is 11.3 Å². The summed E-state index contributed by atoms with van der Waals surface area (Å²) in [5.74, 6) is 0. The number of halogens is 3. The van der Waals surface area contributed by atoms with Crippen molar-refractivity contribution < 1.29 is 13.2 Å². The molecular weight excluding hydrogens is 315 g/mol. The van der Waals surface area contributed by atoms with E-state index in [1.807, 2.05) is 24.3 Å². The van der Waals surface area contributed by atoms with E-state index in [4.69, 9.17) is 0 Å². The fourth-order valence-corrected chi connectivity index (χ4v) is 3.12. The number of anilines is 1. The third-order valence-electron chi connectivity index (χ3n) is 4.41.